The average Bonchev–Trinajstić information content (AvgIpc) is 2.48. The fraction of sp³-hybridized carbons (Fsp3) is 0.625. The molecule has 110 valence electrons. The maximum Gasteiger partial charge on any atom is 0.149 e. The maximum atomic E-state index is 13.9. The van der Waals surface area contributed by atoms with Crippen molar-refractivity contribution in [2.24, 2.45) is 5.92 Å². The van der Waals surface area contributed by atoms with Crippen molar-refractivity contribution in [1.82, 2.24) is 5.32 Å². The number of benzene rings is 1. The third-order valence-electron chi connectivity index (χ3n) is 4.68. The molecule has 20 heavy (non-hydrogen) atoms. The summed E-state index contributed by atoms with van der Waals surface area (Å²) in [7, 11) is 0. The highest BCUT2D eigenvalue weighted by atomic mass is 19.1. The summed E-state index contributed by atoms with van der Waals surface area (Å²) in [5.41, 5.74) is 0.148. The molecule has 0 radical (unpaired) electrons. The van der Waals surface area contributed by atoms with Crippen LogP contribution in [0.4, 0.5) is 14.5 Å². The van der Waals surface area contributed by atoms with Crippen LogP contribution in [0.15, 0.2) is 18.2 Å². The van der Waals surface area contributed by atoms with E-state index >= 15 is 0 Å². The summed E-state index contributed by atoms with van der Waals surface area (Å²) >= 11 is 0. The Hall–Kier alpha value is -1.16. The van der Waals surface area contributed by atoms with Crippen molar-refractivity contribution in [3.8, 4) is 0 Å². The van der Waals surface area contributed by atoms with Crippen LogP contribution in [0.25, 0.3) is 0 Å². The molecule has 0 amide bonds. The van der Waals surface area contributed by atoms with E-state index < -0.39 is 11.6 Å². The van der Waals surface area contributed by atoms with Crippen molar-refractivity contribution >= 4 is 5.69 Å². The van der Waals surface area contributed by atoms with E-state index in [0.717, 1.165) is 6.54 Å². The first kappa shape index (κ1) is 13.8. The van der Waals surface area contributed by atoms with Gasteiger partial charge in [-0.3, -0.25) is 0 Å². The minimum atomic E-state index is -0.450. The Labute approximate surface area is 119 Å². The molecule has 1 saturated heterocycles. The summed E-state index contributed by atoms with van der Waals surface area (Å²) in [6, 6.07) is 4.48. The van der Waals surface area contributed by atoms with Gasteiger partial charge in [0.25, 0.3) is 0 Å². The molecule has 1 aromatic rings. The Balaban J connectivity index is 1.74. The van der Waals surface area contributed by atoms with Crippen molar-refractivity contribution in [2.45, 2.75) is 38.1 Å². The van der Waals surface area contributed by atoms with E-state index in [4.69, 9.17) is 0 Å². The van der Waals surface area contributed by atoms with E-state index in [1.165, 1.54) is 50.3 Å². The summed E-state index contributed by atoms with van der Waals surface area (Å²) in [6.07, 6.45) is 6.39. The molecule has 0 aromatic heterocycles. The van der Waals surface area contributed by atoms with Crippen LogP contribution < -0.4 is 10.2 Å². The van der Waals surface area contributed by atoms with E-state index in [9.17, 15) is 8.78 Å². The van der Waals surface area contributed by atoms with Gasteiger partial charge in [-0.2, -0.15) is 0 Å². The topological polar surface area (TPSA) is 15.3 Å². The highest BCUT2D eigenvalue weighted by Crippen LogP contribution is 2.30. The third kappa shape index (κ3) is 2.80. The fourth-order valence-electron chi connectivity index (χ4n) is 3.62. The highest BCUT2D eigenvalue weighted by Gasteiger charge is 2.29. The number of para-hydroxylation sites is 1. The molecule has 4 heteroatoms. The van der Waals surface area contributed by atoms with Crippen LogP contribution in [-0.2, 0) is 0 Å². The molecule has 2 nitrogen and oxygen atoms in total. The minimum absolute atomic E-state index is 0.148. The van der Waals surface area contributed by atoms with Crippen LogP contribution in [0.1, 0.15) is 32.1 Å². The lowest BCUT2D eigenvalue weighted by atomic mass is 9.83. The quantitative estimate of drug-likeness (QED) is 0.894. The number of halogens is 2. The van der Waals surface area contributed by atoms with Gasteiger partial charge in [0.1, 0.15) is 17.3 Å². The molecule has 1 aliphatic heterocycles. The number of rotatable bonds is 2. The molecule has 1 saturated carbocycles. The van der Waals surface area contributed by atoms with Gasteiger partial charge in [0.15, 0.2) is 0 Å². The second-order valence-corrected chi connectivity index (χ2v) is 5.97. The van der Waals surface area contributed by atoms with Crippen molar-refractivity contribution < 1.29 is 8.78 Å². The monoisotopic (exact) mass is 280 g/mol. The summed E-state index contributed by atoms with van der Waals surface area (Å²) in [4.78, 5) is 1.88. The largest absolute Gasteiger partial charge is 0.364 e. The molecule has 1 aliphatic carbocycles. The van der Waals surface area contributed by atoms with Crippen LogP contribution in [0.2, 0.25) is 0 Å². The smallest absolute Gasteiger partial charge is 0.149 e. The predicted octanol–water partition coefficient (Wildman–Crippen LogP) is 3.32. The third-order valence-corrected chi connectivity index (χ3v) is 4.68. The lowest BCUT2D eigenvalue weighted by molar-refractivity contribution is 0.256. The summed E-state index contributed by atoms with van der Waals surface area (Å²) in [5.74, 6) is -0.245. The Morgan fingerprint density at radius 2 is 1.75 bits per heavy atom. The van der Waals surface area contributed by atoms with Gasteiger partial charge in [0.05, 0.1) is 0 Å². The maximum absolute atomic E-state index is 13.9. The Morgan fingerprint density at radius 1 is 1.05 bits per heavy atom. The first-order valence-electron chi connectivity index (χ1n) is 7.68. The molecule has 0 bridgehead atoms. The molecule has 2 fully saturated rings. The Kier molecular flexibility index (Phi) is 4.20. The summed E-state index contributed by atoms with van der Waals surface area (Å²) in [5, 5.41) is 3.54. The zero-order valence-corrected chi connectivity index (χ0v) is 11.7. The molecule has 1 atom stereocenters. The molecular weight excluding hydrogens is 258 g/mol. The first-order chi connectivity index (χ1) is 9.75. The number of nitrogens with one attached hydrogen (secondary N) is 1. The van der Waals surface area contributed by atoms with Gasteiger partial charge in [-0.15, -0.1) is 0 Å². The summed E-state index contributed by atoms with van der Waals surface area (Å²) in [6.45, 7) is 2.18. The van der Waals surface area contributed by atoms with Gasteiger partial charge in [-0.1, -0.05) is 25.3 Å². The van der Waals surface area contributed by atoms with Crippen molar-refractivity contribution in [1.29, 1.82) is 0 Å². The molecule has 0 spiro atoms. The minimum Gasteiger partial charge on any atom is -0.364 e. The number of piperazine rings is 1. The number of hydrogen-bond donors (Lipinski definition) is 1. The highest BCUT2D eigenvalue weighted by molar-refractivity contribution is 5.49. The van der Waals surface area contributed by atoms with Crippen molar-refractivity contribution in [2.75, 3.05) is 24.5 Å². The van der Waals surface area contributed by atoms with E-state index in [-0.39, 0.29) is 5.69 Å². The lowest BCUT2D eigenvalue weighted by Gasteiger charge is -2.40. The fourth-order valence-corrected chi connectivity index (χ4v) is 3.62. The second kappa shape index (κ2) is 6.08. The van der Waals surface area contributed by atoms with Crippen molar-refractivity contribution in [3.63, 3.8) is 0 Å². The molecule has 1 aromatic carbocycles. The van der Waals surface area contributed by atoms with E-state index in [1.54, 1.807) is 0 Å². The zero-order chi connectivity index (χ0) is 13.9. The van der Waals surface area contributed by atoms with Crippen LogP contribution in [0, 0.1) is 17.6 Å². The van der Waals surface area contributed by atoms with Gasteiger partial charge < -0.3 is 10.2 Å². The number of anilines is 1. The van der Waals surface area contributed by atoms with Gasteiger partial charge in [0.2, 0.25) is 0 Å². The Morgan fingerprint density at radius 3 is 2.45 bits per heavy atom. The predicted molar refractivity (Wildman–Crippen MR) is 76.9 cm³/mol. The second-order valence-electron chi connectivity index (χ2n) is 5.97. The number of hydrogen-bond acceptors (Lipinski definition) is 2. The van der Waals surface area contributed by atoms with Crippen molar-refractivity contribution in [3.05, 3.63) is 29.8 Å². The van der Waals surface area contributed by atoms with Gasteiger partial charge in [-0.05, 0) is 30.9 Å². The molecular formula is C16H22F2N2. The van der Waals surface area contributed by atoms with Gasteiger partial charge in [0, 0.05) is 25.7 Å². The van der Waals surface area contributed by atoms with Gasteiger partial charge >= 0.3 is 0 Å². The van der Waals surface area contributed by atoms with Crippen LogP contribution in [0.5, 0.6) is 0 Å². The summed E-state index contributed by atoms with van der Waals surface area (Å²) < 4.78 is 27.8. The normalized spacial score (nSPS) is 24.9. The molecule has 3 rings (SSSR count). The van der Waals surface area contributed by atoms with E-state index in [2.05, 4.69) is 5.32 Å². The number of nitrogens with zero attached hydrogens (tertiary/aromatic N) is 1. The van der Waals surface area contributed by atoms with Crippen LogP contribution >= 0.6 is 0 Å². The zero-order valence-electron chi connectivity index (χ0n) is 11.7. The molecule has 1 unspecified atom stereocenters. The SMILES string of the molecule is Fc1cccc(F)c1N1CCNC(C2CCCCC2)C1. The average molecular weight is 280 g/mol. The molecule has 1 heterocycles. The van der Waals surface area contributed by atoms with Gasteiger partial charge in [-0.25, -0.2) is 8.78 Å². The molecule has 2 aliphatic rings. The van der Waals surface area contributed by atoms with E-state index in [1.807, 2.05) is 4.90 Å². The van der Waals surface area contributed by atoms with Crippen LogP contribution in [-0.4, -0.2) is 25.7 Å². The Bertz CT molecular complexity index is 438. The van der Waals surface area contributed by atoms with Crippen LogP contribution in [0.3, 0.4) is 0 Å². The van der Waals surface area contributed by atoms with E-state index in [0.29, 0.717) is 25.0 Å². The lowest BCUT2D eigenvalue weighted by Crippen LogP contribution is -2.54. The molecule has 1 N–H and O–H groups in total. The first-order valence-corrected chi connectivity index (χ1v) is 7.68. The standard InChI is InChI=1S/C16H22F2N2/c17-13-7-4-8-14(18)16(13)20-10-9-19-15(11-20)12-5-2-1-3-6-12/h4,7-8,12,15,19H,1-3,5-6,9-11H2.